The molecule has 1 aromatic heterocycles. The number of nitrogens with zero attached hydrogens (tertiary/aromatic N) is 1. The molecule has 2 rings (SSSR count). The lowest BCUT2D eigenvalue weighted by Gasteiger charge is -1.98. The van der Waals surface area contributed by atoms with Gasteiger partial charge in [-0.15, -0.1) is 0 Å². The zero-order valence-electron chi connectivity index (χ0n) is 7.51. The van der Waals surface area contributed by atoms with E-state index in [0.717, 1.165) is 0 Å². The zero-order valence-corrected chi connectivity index (χ0v) is 12.2. The molecule has 1 nitrogen and oxygen atoms in total. The van der Waals surface area contributed by atoms with Crippen molar-refractivity contribution in [2.45, 2.75) is 0 Å². The fourth-order valence-electron chi connectivity index (χ4n) is 0.989. The average Bonchev–Trinajstić information content (AvgIpc) is 2.57. The highest BCUT2D eigenvalue weighted by atomic mass is 35.5. The molecule has 0 aliphatic carbocycles. The van der Waals surface area contributed by atoms with E-state index in [4.69, 9.17) is 46.4 Å². The summed E-state index contributed by atoms with van der Waals surface area (Å²) in [5, 5.41) is 1.33. The maximum absolute atomic E-state index is 6.01. The minimum atomic E-state index is 0.412. The minimum Gasteiger partial charge on any atom is -0.234 e. The van der Waals surface area contributed by atoms with Gasteiger partial charge in [-0.2, -0.15) is 0 Å². The summed E-state index contributed by atoms with van der Waals surface area (Å²) in [6.45, 7) is 0. The Morgan fingerprint density at radius 1 is 0.938 bits per heavy atom. The van der Waals surface area contributed by atoms with Crippen molar-refractivity contribution in [1.82, 2.24) is 0 Å². The lowest BCUT2D eigenvalue weighted by atomic mass is 10.3. The molecule has 0 fully saturated rings. The Bertz CT molecular complexity index is 587. The average molecular weight is 331 g/mol. The van der Waals surface area contributed by atoms with Gasteiger partial charge < -0.3 is 0 Å². The topological polar surface area (TPSA) is 12.4 Å². The number of benzene rings is 1. The Morgan fingerprint density at radius 2 is 1.69 bits per heavy atom. The first-order valence-corrected chi connectivity index (χ1v) is 7.68. The fourth-order valence-corrected chi connectivity index (χ4v) is 4.07. The summed E-state index contributed by atoms with van der Waals surface area (Å²) in [7, 11) is 2.76. The van der Waals surface area contributed by atoms with Gasteiger partial charge in [0, 0.05) is 0 Å². The molecular weight excluding hydrogens is 328 g/mol. The van der Waals surface area contributed by atoms with E-state index in [1.165, 1.54) is 20.7 Å². The van der Waals surface area contributed by atoms with Gasteiger partial charge in [0.1, 0.15) is 14.0 Å². The van der Waals surface area contributed by atoms with Crippen molar-refractivity contribution in [2.75, 3.05) is 0 Å². The van der Waals surface area contributed by atoms with E-state index in [-0.39, 0.29) is 0 Å². The van der Waals surface area contributed by atoms with Gasteiger partial charge in [-0.25, -0.2) is 4.99 Å². The maximum Gasteiger partial charge on any atom is 0.147 e. The van der Waals surface area contributed by atoms with Crippen LogP contribution in [0.15, 0.2) is 23.2 Å². The second-order valence-corrected chi connectivity index (χ2v) is 6.64. The molecule has 0 saturated heterocycles. The smallest absolute Gasteiger partial charge is 0.147 e. The number of hydrogen-bond donors (Lipinski definition) is 0. The van der Waals surface area contributed by atoms with Crippen LogP contribution in [0.1, 0.15) is 0 Å². The Morgan fingerprint density at radius 3 is 2.31 bits per heavy atom. The summed E-state index contributed by atoms with van der Waals surface area (Å²) in [6.07, 6.45) is 0. The molecule has 1 heterocycles. The van der Waals surface area contributed by atoms with Crippen LogP contribution in [0.2, 0.25) is 19.4 Å². The zero-order chi connectivity index (χ0) is 11.7. The maximum atomic E-state index is 6.01. The van der Waals surface area contributed by atoms with Gasteiger partial charge in [-0.3, -0.25) is 0 Å². The Kier molecular flexibility index (Phi) is 4.16. The standard InChI is InChI=1S/C9H3Cl4NS2/c10-4-2-1-3-5(6(4)11)14-9-7(12)8(13)15-16-9/h1-3H. The molecule has 0 N–H and O–H groups in total. The van der Waals surface area contributed by atoms with Gasteiger partial charge in [0.2, 0.25) is 0 Å². The third-order valence-electron chi connectivity index (χ3n) is 1.71. The molecule has 0 aliphatic rings. The molecule has 84 valence electrons. The molecule has 0 unspecified atom stereocenters. The molecule has 0 spiro atoms. The van der Waals surface area contributed by atoms with Crippen LogP contribution >= 0.6 is 67.1 Å². The summed E-state index contributed by atoms with van der Waals surface area (Å²) >= 11 is 23.7. The highest BCUT2D eigenvalue weighted by Gasteiger charge is 2.06. The van der Waals surface area contributed by atoms with Crippen molar-refractivity contribution < 1.29 is 0 Å². The first-order chi connectivity index (χ1) is 7.59. The third-order valence-corrected chi connectivity index (χ3v) is 6.01. The molecule has 7 heteroatoms. The lowest BCUT2D eigenvalue weighted by molar-refractivity contribution is 1.41. The molecule has 1 aromatic carbocycles. The molecule has 0 bridgehead atoms. The van der Waals surface area contributed by atoms with Crippen LogP contribution in [-0.2, 0) is 0 Å². The van der Waals surface area contributed by atoms with Crippen molar-refractivity contribution >= 4 is 72.8 Å². The quantitative estimate of drug-likeness (QED) is 0.598. The molecule has 0 aliphatic heterocycles. The van der Waals surface area contributed by atoms with Crippen LogP contribution < -0.4 is 4.67 Å². The van der Waals surface area contributed by atoms with E-state index >= 15 is 0 Å². The van der Waals surface area contributed by atoms with Crippen LogP contribution in [0.25, 0.3) is 0 Å². The molecule has 0 atom stereocenters. The largest absolute Gasteiger partial charge is 0.234 e. The van der Waals surface area contributed by atoms with Crippen molar-refractivity contribution in [1.29, 1.82) is 0 Å². The number of rotatable bonds is 1. The molecule has 2 aromatic rings. The van der Waals surface area contributed by atoms with E-state index in [0.29, 0.717) is 29.8 Å². The summed E-state index contributed by atoms with van der Waals surface area (Å²) in [5.74, 6) is 0. The normalized spacial score (nSPS) is 12.1. The van der Waals surface area contributed by atoms with Crippen molar-refractivity contribution in [3.8, 4) is 0 Å². The van der Waals surface area contributed by atoms with Crippen LogP contribution in [0.3, 0.4) is 0 Å². The van der Waals surface area contributed by atoms with E-state index in [2.05, 4.69) is 4.99 Å². The van der Waals surface area contributed by atoms with Crippen LogP contribution in [0.4, 0.5) is 5.69 Å². The summed E-state index contributed by atoms with van der Waals surface area (Å²) < 4.78 is 1.17. The highest BCUT2D eigenvalue weighted by Crippen LogP contribution is 2.33. The van der Waals surface area contributed by atoms with Gasteiger partial charge >= 0.3 is 0 Å². The van der Waals surface area contributed by atoms with Gasteiger partial charge in [0.05, 0.1) is 15.7 Å². The molecule has 16 heavy (non-hydrogen) atoms. The van der Waals surface area contributed by atoms with Gasteiger partial charge in [0.15, 0.2) is 0 Å². The minimum absolute atomic E-state index is 0.412. The van der Waals surface area contributed by atoms with Gasteiger partial charge in [0.25, 0.3) is 0 Å². The lowest BCUT2D eigenvalue weighted by Crippen LogP contribution is -1.92. The predicted octanol–water partition coefficient (Wildman–Crippen LogP) is 5.66. The summed E-state index contributed by atoms with van der Waals surface area (Å²) in [6, 6.07) is 5.25. The molecular formula is C9H3Cl4NS2. The molecule has 0 amide bonds. The first-order valence-electron chi connectivity index (χ1n) is 4.02. The number of hydrogen-bond acceptors (Lipinski definition) is 3. The van der Waals surface area contributed by atoms with Crippen molar-refractivity contribution in [2.24, 2.45) is 4.99 Å². The number of halogens is 4. The van der Waals surface area contributed by atoms with E-state index in [1.807, 2.05) is 0 Å². The van der Waals surface area contributed by atoms with Crippen molar-refractivity contribution in [3.05, 3.63) is 42.3 Å². The Labute approximate surface area is 119 Å². The SMILES string of the molecule is Clc1cccc(N=c2ssc(Cl)c2Cl)c1Cl. The van der Waals surface area contributed by atoms with Crippen LogP contribution in [0, 0.1) is 0 Å². The van der Waals surface area contributed by atoms with Gasteiger partial charge in [-0.05, 0) is 12.1 Å². The van der Waals surface area contributed by atoms with Crippen LogP contribution in [-0.4, -0.2) is 0 Å². The second-order valence-electron chi connectivity index (χ2n) is 2.74. The molecule has 0 saturated carbocycles. The van der Waals surface area contributed by atoms with Crippen molar-refractivity contribution in [3.63, 3.8) is 0 Å². The van der Waals surface area contributed by atoms with Gasteiger partial charge in [-0.1, -0.05) is 73.2 Å². The monoisotopic (exact) mass is 329 g/mol. The highest BCUT2D eigenvalue weighted by molar-refractivity contribution is 7.69. The second kappa shape index (κ2) is 5.25. The molecule has 0 radical (unpaired) electrons. The Hall–Kier alpha value is 0.230. The fraction of sp³-hybridized carbons (Fsp3) is 0. The summed E-state index contributed by atoms with van der Waals surface area (Å²) in [4.78, 5) is 4.32. The summed E-state index contributed by atoms with van der Waals surface area (Å²) in [5.41, 5.74) is 0.585. The van der Waals surface area contributed by atoms with E-state index < -0.39 is 0 Å². The predicted molar refractivity (Wildman–Crippen MR) is 73.9 cm³/mol. The van der Waals surface area contributed by atoms with E-state index in [1.54, 1.807) is 18.2 Å². The Balaban J connectivity index is 2.59. The van der Waals surface area contributed by atoms with E-state index in [9.17, 15) is 0 Å². The van der Waals surface area contributed by atoms with Crippen LogP contribution in [0.5, 0.6) is 0 Å². The third kappa shape index (κ3) is 2.55. The first kappa shape index (κ1) is 12.7.